The van der Waals surface area contributed by atoms with Gasteiger partial charge in [-0.1, -0.05) is 101 Å². The van der Waals surface area contributed by atoms with Crippen LogP contribution in [-0.4, -0.2) is 12.5 Å². The molecule has 0 saturated heterocycles. The normalized spacial score (nSPS) is 10.9. The van der Waals surface area contributed by atoms with Gasteiger partial charge in [0.1, 0.15) is 18.8 Å². The molecule has 1 N–H and O–H groups in total. The van der Waals surface area contributed by atoms with Gasteiger partial charge in [0.2, 0.25) is 5.69 Å². The highest BCUT2D eigenvalue weighted by atomic mass is 35.5. The first-order valence-corrected chi connectivity index (χ1v) is 13.7. The maximum atomic E-state index is 12.7. The molecule has 0 fully saturated rings. The fourth-order valence-corrected chi connectivity index (χ4v) is 4.44. The molecule has 1 amide bonds. The number of halogens is 1. The second-order valence-electron chi connectivity index (χ2n) is 9.02. The zero-order valence-corrected chi connectivity index (χ0v) is 22.0. The lowest BCUT2D eigenvalue weighted by Crippen LogP contribution is -2.39. The average molecular weight is 488 g/mol. The van der Waals surface area contributed by atoms with Crippen molar-refractivity contribution < 1.29 is 14.1 Å². The van der Waals surface area contributed by atoms with Gasteiger partial charge in [-0.2, -0.15) is 0 Å². The number of aryl methyl sites for hydroxylation is 1. The number of carbonyl (C=O) groups excluding carboxylic acids is 1. The first-order chi connectivity index (χ1) is 16.7. The van der Waals surface area contributed by atoms with Crippen LogP contribution < -0.4 is 14.6 Å². The molecule has 2 aromatic rings. The van der Waals surface area contributed by atoms with E-state index in [9.17, 15) is 4.79 Å². The Morgan fingerprint density at radius 2 is 1.50 bits per heavy atom. The van der Waals surface area contributed by atoms with Gasteiger partial charge >= 0.3 is 0 Å². The summed E-state index contributed by atoms with van der Waals surface area (Å²) in [6.45, 7) is 6.29. The third kappa shape index (κ3) is 10.5. The third-order valence-electron chi connectivity index (χ3n) is 6.27. The first kappa shape index (κ1) is 28.2. The van der Waals surface area contributed by atoms with Gasteiger partial charge in [0, 0.05) is 12.1 Å². The van der Waals surface area contributed by atoms with E-state index in [0.29, 0.717) is 29.5 Å². The Balaban J connectivity index is 1.63. The Bertz CT molecular complexity index is 841. The highest BCUT2D eigenvalue weighted by Crippen LogP contribution is 2.28. The lowest BCUT2D eigenvalue weighted by Gasteiger charge is -2.11. The Hall–Kier alpha value is -2.07. The van der Waals surface area contributed by atoms with E-state index in [4.69, 9.17) is 16.3 Å². The number of aromatic nitrogens is 1. The van der Waals surface area contributed by atoms with Crippen LogP contribution >= 0.6 is 11.6 Å². The molecule has 188 valence electrons. The van der Waals surface area contributed by atoms with Crippen LogP contribution in [0.15, 0.2) is 42.6 Å². The van der Waals surface area contributed by atoms with Gasteiger partial charge in [0.15, 0.2) is 6.20 Å². The summed E-state index contributed by atoms with van der Waals surface area (Å²) >= 11 is 6.50. The molecule has 0 aliphatic rings. The van der Waals surface area contributed by atoms with Crippen molar-refractivity contribution in [1.29, 1.82) is 0 Å². The Labute approximate surface area is 212 Å². The van der Waals surface area contributed by atoms with Gasteiger partial charge in [-0.25, -0.2) is 4.57 Å². The van der Waals surface area contributed by atoms with Crippen molar-refractivity contribution in [2.75, 3.05) is 6.61 Å². The van der Waals surface area contributed by atoms with E-state index in [1.807, 2.05) is 36.5 Å². The maximum Gasteiger partial charge on any atom is 0.253 e. The smallest absolute Gasteiger partial charge is 0.253 e. The van der Waals surface area contributed by atoms with Crippen LogP contribution in [0.4, 0.5) is 0 Å². The van der Waals surface area contributed by atoms with E-state index in [2.05, 4.69) is 23.7 Å². The van der Waals surface area contributed by atoms with E-state index in [1.54, 1.807) is 6.07 Å². The van der Waals surface area contributed by atoms with Crippen LogP contribution in [0.3, 0.4) is 0 Å². The number of rotatable bonds is 18. The van der Waals surface area contributed by atoms with E-state index in [-0.39, 0.29) is 5.91 Å². The van der Waals surface area contributed by atoms with Crippen LogP contribution in [-0.2, 0) is 13.1 Å². The van der Waals surface area contributed by atoms with Crippen LogP contribution in [0.5, 0.6) is 5.75 Å². The van der Waals surface area contributed by atoms with Crippen molar-refractivity contribution in [3.05, 3.63) is 58.9 Å². The second-order valence-corrected chi connectivity index (χ2v) is 9.39. The Morgan fingerprint density at radius 1 is 0.853 bits per heavy atom. The number of nitrogens with one attached hydrogen (secondary N) is 1. The molecule has 4 nitrogen and oxygen atoms in total. The molecule has 1 heterocycles. The van der Waals surface area contributed by atoms with E-state index in [0.717, 1.165) is 18.7 Å². The molecule has 0 radical (unpaired) electrons. The van der Waals surface area contributed by atoms with Crippen LogP contribution in [0.2, 0.25) is 5.02 Å². The number of hydrogen-bond donors (Lipinski definition) is 1. The van der Waals surface area contributed by atoms with E-state index >= 15 is 0 Å². The molecule has 0 aliphatic heterocycles. The zero-order chi connectivity index (χ0) is 24.4. The summed E-state index contributed by atoms with van der Waals surface area (Å²) in [6.07, 6.45) is 17.8. The number of pyridine rings is 1. The molecule has 0 atom stereocenters. The number of carbonyl (C=O) groups is 1. The molecule has 0 unspecified atom stereocenters. The minimum Gasteiger partial charge on any atom is -0.492 e. The van der Waals surface area contributed by atoms with Crippen LogP contribution in [0.1, 0.15) is 107 Å². The predicted molar refractivity (Wildman–Crippen MR) is 142 cm³/mol. The van der Waals surface area contributed by atoms with Gasteiger partial charge < -0.3 is 10.1 Å². The summed E-state index contributed by atoms with van der Waals surface area (Å²) in [7, 11) is 0. The molecule has 1 aromatic heterocycles. The minimum absolute atomic E-state index is 0.188. The Kier molecular flexibility index (Phi) is 14.4. The molecule has 1 aromatic carbocycles. The van der Waals surface area contributed by atoms with Crippen LogP contribution in [0, 0.1) is 0 Å². The van der Waals surface area contributed by atoms with Crippen molar-refractivity contribution >= 4 is 17.5 Å². The minimum atomic E-state index is -0.188. The van der Waals surface area contributed by atoms with Gasteiger partial charge in [-0.15, -0.1) is 0 Å². The molecule has 0 aliphatic carbocycles. The standard InChI is InChI=1S/C29H43ClN2O2/c1-3-5-6-7-8-9-10-11-12-13-14-17-23-34-27-21-18-20-26(28(27)30)29(33)31-24-25-19-15-16-22-32(25)4-2/h15-16,18-22H,3-14,17,23-24H2,1-2H3/p+1. The summed E-state index contributed by atoms with van der Waals surface area (Å²) in [5.41, 5.74) is 1.50. The maximum absolute atomic E-state index is 12.7. The summed E-state index contributed by atoms with van der Waals surface area (Å²) in [5, 5.41) is 3.36. The molecular weight excluding hydrogens is 444 g/mol. The number of hydrogen-bond acceptors (Lipinski definition) is 2. The predicted octanol–water partition coefficient (Wildman–Crippen LogP) is 7.66. The van der Waals surface area contributed by atoms with Gasteiger partial charge in [0.05, 0.1) is 17.2 Å². The van der Waals surface area contributed by atoms with Gasteiger partial charge in [0.25, 0.3) is 5.91 Å². The fourth-order valence-electron chi connectivity index (χ4n) is 4.17. The SMILES string of the molecule is CCCCCCCCCCCCCCOc1cccc(C(=O)NCc2cccc[n+]2CC)c1Cl. The van der Waals surface area contributed by atoms with Crippen molar-refractivity contribution in [1.82, 2.24) is 5.32 Å². The highest BCUT2D eigenvalue weighted by Gasteiger charge is 2.16. The Morgan fingerprint density at radius 3 is 2.15 bits per heavy atom. The number of unbranched alkanes of at least 4 members (excludes halogenated alkanes) is 11. The highest BCUT2D eigenvalue weighted by molar-refractivity contribution is 6.35. The third-order valence-corrected chi connectivity index (χ3v) is 6.66. The van der Waals surface area contributed by atoms with Crippen LogP contribution in [0.25, 0.3) is 0 Å². The average Bonchev–Trinajstić information content (AvgIpc) is 2.86. The topological polar surface area (TPSA) is 42.2 Å². The molecular formula is C29H44ClN2O2+. The number of ether oxygens (including phenoxy) is 1. The molecule has 0 spiro atoms. The fraction of sp³-hybridized carbons (Fsp3) is 0.586. The van der Waals surface area contributed by atoms with E-state index < -0.39 is 0 Å². The molecule has 34 heavy (non-hydrogen) atoms. The van der Waals surface area contributed by atoms with E-state index in [1.165, 1.54) is 70.6 Å². The molecule has 0 saturated carbocycles. The monoisotopic (exact) mass is 487 g/mol. The number of amides is 1. The van der Waals surface area contributed by atoms with Crippen molar-refractivity contribution in [2.24, 2.45) is 0 Å². The van der Waals surface area contributed by atoms with Crippen molar-refractivity contribution in [3.8, 4) is 5.75 Å². The summed E-state index contributed by atoms with van der Waals surface area (Å²) in [5.74, 6) is 0.396. The number of nitrogens with zero attached hydrogens (tertiary/aromatic N) is 1. The quantitative estimate of drug-likeness (QED) is 0.173. The summed E-state index contributed by atoms with van der Waals surface area (Å²) in [6, 6.07) is 11.4. The lowest BCUT2D eigenvalue weighted by atomic mass is 10.1. The summed E-state index contributed by atoms with van der Waals surface area (Å²) < 4.78 is 8.01. The van der Waals surface area contributed by atoms with Gasteiger partial charge in [-0.05, 0) is 25.5 Å². The van der Waals surface area contributed by atoms with Crippen molar-refractivity contribution in [3.63, 3.8) is 0 Å². The largest absolute Gasteiger partial charge is 0.492 e. The van der Waals surface area contributed by atoms with Crippen molar-refractivity contribution in [2.45, 2.75) is 104 Å². The summed E-state index contributed by atoms with van der Waals surface area (Å²) in [4.78, 5) is 12.7. The zero-order valence-electron chi connectivity index (χ0n) is 21.3. The molecule has 5 heteroatoms. The lowest BCUT2D eigenvalue weighted by molar-refractivity contribution is -0.701. The molecule has 2 rings (SSSR count). The van der Waals surface area contributed by atoms with Gasteiger partial charge in [-0.3, -0.25) is 4.79 Å². The first-order valence-electron chi connectivity index (χ1n) is 13.3. The second kappa shape index (κ2) is 17.4. The molecule has 0 bridgehead atoms. The number of benzene rings is 1.